The van der Waals surface area contributed by atoms with Crippen LogP contribution in [0.2, 0.25) is 5.02 Å². The molecule has 0 radical (unpaired) electrons. The van der Waals surface area contributed by atoms with E-state index in [9.17, 15) is 0 Å². The second-order valence-corrected chi connectivity index (χ2v) is 5.38. The summed E-state index contributed by atoms with van der Waals surface area (Å²) < 4.78 is 1.13. The van der Waals surface area contributed by atoms with Gasteiger partial charge in [-0.15, -0.1) is 11.3 Å². The van der Waals surface area contributed by atoms with Crippen LogP contribution in [0.15, 0.2) is 40.2 Å². The van der Waals surface area contributed by atoms with Crippen molar-refractivity contribution in [2.24, 2.45) is 0 Å². The van der Waals surface area contributed by atoms with Gasteiger partial charge in [0.15, 0.2) is 0 Å². The normalized spacial score (nSPS) is 10.3. The first-order valence-corrected chi connectivity index (χ1v) is 6.52. The van der Waals surface area contributed by atoms with E-state index >= 15 is 0 Å². The van der Waals surface area contributed by atoms with Crippen molar-refractivity contribution < 1.29 is 0 Å². The van der Waals surface area contributed by atoms with Crippen LogP contribution in [0.25, 0.3) is 0 Å². The Balaban J connectivity index is 2.02. The van der Waals surface area contributed by atoms with Gasteiger partial charge in [0, 0.05) is 21.3 Å². The van der Waals surface area contributed by atoms with Gasteiger partial charge in [-0.05, 0) is 34.1 Å². The monoisotopic (exact) mass is 301 g/mol. The fourth-order valence-electron chi connectivity index (χ4n) is 1.23. The van der Waals surface area contributed by atoms with Crippen molar-refractivity contribution in [1.29, 1.82) is 0 Å². The van der Waals surface area contributed by atoms with Gasteiger partial charge in [0.25, 0.3) is 0 Å². The second kappa shape index (κ2) is 5.01. The van der Waals surface area contributed by atoms with Crippen molar-refractivity contribution in [3.8, 4) is 0 Å². The van der Waals surface area contributed by atoms with Crippen LogP contribution in [0.1, 0.15) is 4.88 Å². The number of hydrogen-bond donors (Lipinski definition) is 1. The van der Waals surface area contributed by atoms with Crippen LogP contribution in [0.5, 0.6) is 0 Å². The third-order valence-electron chi connectivity index (χ3n) is 1.95. The number of nitrogens with one attached hydrogen (secondary N) is 1. The molecule has 0 atom stereocenters. The first-order valence-electron chi connectivity index (χ1n) is 4.47. The van der Waals surface area contributed by atoms with Crippen molar-refractivity contribution in [2.45, 2.75) is 6.54 Å². The molecule has 0 aliphatic heterocycles. The Morgan fingerprint density at radius 3 is 2.80 bits per heavy atom. The van der Waals surface area contributed by atoms with Crippen molar-refractivity contribution in [2.75, 3.05) is 5.32 Å². The fraction of sp³-hybridized carbons (Fsp3) is 0.0909. The number of para-hydroxylation sites is 1. The zero-order valence-electron chi connectivity index (χ0n) is 7.84. The molecule has 1 aromatic carbocycles. The molecular formula is C11H9BrClNS. The predicted molar refractivity (Wildman–Crippen MR) is 70.8 cm³/mol. The summed E-state index contributed by atoms with van der Waals surface area (Å²) in [5.74, 6) is 0. The first kappa shape index (κ1) is 11.0. The average molecular weight is 303 g/mol. The quantitative estimate of drug-likeness (QED) is 0.860. The average Bonchev–Trinajstić information content (AvgIpc) is 2.63. The molecule has 1 aromatic heterocycles. The molecule has 4 heteroatoms. The smallest absolute Gasteiger partial charge is 0.0637 e. The molecule has 1 N–H and O–H groups in total. The lowest BCUT2D eigenvalue weighted by Crippen LogP contribution is -1.97. The number of halogens is 2. The maximum Gasteiger partial charge on any atom is 0.0637 e. The van der Waals surface area contributed by atoms with Crippen LogP contribution in [-0.4, -0.2) is 0 Å². The van der Waals surface area contributed by atoms with E-state index in [4.69, 9.17) is 11.6 Å². The van der Waals surface area contributed by atoms with Crippen LogP contribution in [0, 0.1) is 0 Å². The van der Waals surface area contributed by atoms with Crippen molar-refractivity contribution in [3.63, 3.8) is 0 Å². The van der Waals surface area contributed by atoms with Crippen LogP contribution >= 0.6 is 38.9 Å². The van der Waals surface area contributed by atoms with E-state index < -0.39 is 0 Å². The lowest BCUT2D eigenvalue weighted by atomic mass is 10.3. The summed E-state index contributed by atoms with van der Waals surface area (Å²) in [5, 5.41) is 6.13. The fourth-order valence-corrected chi connectivity index (χ4v) is 2.83. The molecule has 0 saturated heterocycles. The van der Waals surface area contributed by atoms with Gasteiger partial charge in [-0.2, -0.15) is 0 Å². The molecule has 2 rings (SSSR count). The minimum absolute atomic E-state index is 0.758. The van der Waals surface area contributed by atoms with E-state index in [2.05, 4.69) is 32.7 Å². The maximum absolute atomic E-state index is 6.03. The summed E-state index contributed by atoms with van der Waals surface area (Å²) in [6.45, 7) is 0.806. The van der Waals surface area contributed by atoms with Gasteiger partial charge < -0.3 is 5.32 Å². The van der Waals surface area contributed by atoms with E-state index in [0.717, 1.165) is 21.7 Å². The highest BCUT2D eigenvalue weighted by atomic mass is 79.9. The van der Waals surface area contributed by atoms with Crippen molar-refractivity contribution in [3.05, 3.63) is 50.1 Å². The molecular weight excluding hydrogens is 294 g/mol. The Bertz CT molecular complexity index is 455. The van der Waals surface area contributed by atoms with Gasteiger partial charge in [-0.3, -0.25) is 0 Å². The van der Waals surface area contributed by atoms with Crippen molar-refractivity contribution in [1.82, 2.24) is 0 Å². The molecule has 0 bridgehead atoms. The minimum atomic E-state index is 0.758. The van der Waals surface area contributed by atoms with E-state index in [0.29, 0.717) is 0 Å². The molecule has 0 saturated carbocycles. The SMILES string of the molecule is Clc1ccccc1NCc1cc(Br)cs1. The lowest BCUT2D eigenvalue weighted by Gasteiger charge is -2.06. The zero-order chi connectivity index (χ0) is 10.7. The standard InChI is InChI=1S/C11H9BrClNS/c12-8-5-9(15-7-8)6-14-11-4-2-1-3-10(11)13/h1-5,7,14H,6H2. The zero-order valence-corrected chi connectivity index (χ0v) is 11.0. The summed E-state index contributed by atoms with van der Waals surface area (Å²) in [6.07, 6.45) is 0. The molecule has 78 valence electrons. The Kier molecular flexibility index (Phi) is 3.67. The van der Waals surface area contributed by atoms with E-state index in [1.807, 2.05) is 24.3 Å². The summed E-state index contributed by atoms with van der Waals surface area (Å²) in [7, 11) is 0. The van der Waals surface area contributed by atoms with E-state index in [-0.39, 0.29) is 0 Å². The summed E-state index contributed by atoms with van der Waals surface area (Å²) in [4.78, 5) is 1.28. The lowest BCUT2D eigenvalue weighted by molar-refractivity contribution is 1.19. The van der Waals surface area contributed by atoms with Gasteiger partial charge in [0.05, 0.1) is 10.7 Å². The molecule has 1 nitrogen and oxygen atoms in total. The molecule has 15 heavy (non-hydrogen) atoms. The van der Waals surface area contributed by atoms with Crippen LogP contribution < -0.4 is 5.32 Å². The third-order valence-corrected chi connectivity index (χ3v) is 3.98. The topological polar surface area (TPSA) is 12.0 Å². The van der Waals surface area contributed by atoms with E-state index in [1.165, 1.54) is 4.88 Å². The Hall–Kier alpha value is -0.510. The highest BCUT2D eigenvalue weighted by Crippen LogP contribution is 2.24. The Morgan fingerprint density at radius 2 is 2.13 bits per heavy atom. The third kappa shape index (κ3) is 2.97. The largest absolute Gasteiger partial charge is 0.379 e. The highest BCUT2D eigenvalue weighted by molar-refractivity contribution is 9.10. The molecule has 1 heterocycles. The number of thiophene rings is 1. The molecule has 2 aromatic rings. The number of rotatable bonds is 3. The van der Waals surface area contributed by atoms with Crippen LogP contribution in [0.3, 0.4) is 0 Å². The van der Waals surface area contributed by atoms with Crippen LogP contribution in [0.4, 0.5) is 5.69 Å². The van der Waals surface area contributed by atoms with Gasteiger partial charge in [0.2, 0.25) is 0 Å². The summed E-state index contributed by atoms with van der Waals surface area (Å²) in [5.41, 5.74) is 0.976. The maximum atomic E-state index is 6.03. The predicted octanol–water partition coefficient (Wildman–Crippen LogP) is 4.78. The van der Waals surface area contributed by atoms with Gasteiger partial charge in [-0.1, -0.05) is 23.7 Å². The molecule has 0 unspecified atom stereocenters. The summed E-state index contributed by atoms with van der Waals surface area (Å²) >= 11 is 11.2. The summed E-state index contributed by atoms with van der Waals surface area (Å²) in [6, 6.07) is 9.86. The molecule has 0 aliphatic carbocycles. The molecule has 0 spiro atoms. The van der Waals surface area contributed by atoms with Gasteiger partial charge in [0.1, 0.15) is 0 Å². The highest BCUT2D eigenvalue weighted by Gasteiger charge is 2.00. The molecule has 0 fully saturated rings. The Morgan fingerprint density at radius 1 is 1.33 bits per heavy atom. The first-order chi connectivity index (χ1) is 7.25. The second-order valence-electron chi connectivity index (χ2n) is 3.06. The van der Waals surface area contributed by atoms with Gasteiger partial charge >= 0.3 is 0 Å². The minimum Gasteiger partial charge on any atom is -0.379 e. The number of anilines is 1. The Labute approximate surface area is 106 Å². The van der Waals surface area contributed by atoms with E-state index in [1.54, 1.807) is 11.3 Å². The molecule has 0 amide bonds. The number of benzene rings is 1. The van der Waals surface area contributed by atoms with Crippen molar-refractivity contribution >= 4 is 44.6 Å². The van der Waals surface area contributed by atoms with Crippen LogP contribution in [-0.2, 0) is 6.54 Å². The molecule has 0 aliphatic rings. The number of hydrogen-bond acceptors (Lipinski definition) is 2. The van der Waals surface area contributed by atoms with Gasteiger partial charge in [-0.25, -0.2) is 0 Å².